The van der Waals surface area contributed by atoms with E-state index in [9.17, 15) is 14.4 Å². The Bertz CT molecular complexity index is 571. The molecule has 1 aliphatic heterocycles. The summed E-state index contributed by atoms with van der Waals surface area (Å²) < 4.78 is 0. The predicted molar refractivity (Wildman–Crippen MR) is 75.1 cm³/mol. The SMILES string of the molecule is CCNC(=O)N1CC(=O)N(c2cc(Cl)cc(Cl)c2)C1=O. The van der Waals surface area contributed by atoms with Gasteiger partial charge in [-0.2, -0.15) is 0 Å². The zero-order chi connectivity index (χ0) is 14.9. The van der Waals surface area contributed by atoms with Gasteiger partial charge in [-0.1, -0.05) is 23.2 Å². The van der Waals surface area contributed by atoms with Crippen LogP contribution in [0.1, 0.15) is 6.92 Å². The maximum atomic E-state index is 12.1. The summed E-state index contributed by atoms with van der Waals surface area (Å²) in [7, 11) is 0. The van der Waals surface area contributed by atoms with Gasteiger partial charge in [-0.3, -0.25) is 4.79 Å². The van der Waals surface area contributed by atoms with Gasteiger partial charge in [0.2, 0.25) is 0 Å². The average molecular weight is 316 g/mol. The first-order valence-electron chi connectivity index (χ1n) is 5.82. The van der Waals surface area contributed by atoms with Crippen LogP contribution in [0.3, 0.4) is 0 Å². The number of halogens is 2. The summed E-state index contributed by atoms with van der Waals surface area (Å²) in [5, 5.41) is 3.06. The topological polar surface area (TPSA) is 69.7 Å². The lowest BCUT2D eigenvalue weighted by molar-refractivity contribution is -0.116. The van der Waals surface area contributed by atoms with E-state index in [1.54, 1.807) is 6.92 Å². The lowest BCUT2D eigenvalue weighted by Gasteiger charge is -2.16. The molecule has 8 heteroatoms. The number of nitrogens with one attached hydrogen (secondary N) is 1. The number of nitrogens with zero attached hydrogens (tertiary/aromatic N) is 2. The highest BCUT2D eigenvalue weighted by Crippen LogP contribution is 2.28. The molecule has 0 unspecified atom stereocenters. The van der Waals surface area contributed by atoms with Crippen LogP contribution in [-0.2, 0) is 4.79 Å². The fraction of sp³-hybridized carbons (Fsp3) is 0.250. The Morgan fingerprint density at radius 3 is 2.40 bits per heavy atom. The van der Waals surface area contributed by atoms with Crippen molar-refractivity contribution in [1.29, 1.82) is 0 Å². The molecule has 2 rings (SSSR count). The Kier molecular flexibility index (Phi) is 4.15. The van der Waals surface area contributed by atoms with Gasteiger partial charge >= 0.3 is 12.1 Å². The predicted octanol–water partition coefficient (Wildman–Crippen LogP) is 2.49. The molecule has 1 fully saturated rings. The normalized spacial score (nSPS) is 14.9. The maximum absolute atomic E-state index is 12.1. The second kappa shape index (κ2) is 5.68. The lowest BCUT2D eigenvalue weighted by Crippen LogP contribution is -2.42. The number of anilines is 1. The zero-order valence-electron chi connectivity index (χ0n) is 10.5. The van der Waals surface area contributed by atoms with E-state index in [0.717, 1.165) is 9.80 Å². The summed E-state index contributed by atoms with van der Waals surface area (Å²) in [6, 6.07) is 3.02. The van der Waals surface area contributed by atoms with Crippen LogP contribution in [0.25, 0.3) is 0 Å². The van der Waals surface area contributed by atoms with Crippen molar-refractivity contribution in [3.8, 4) is 0 Å². The van der Waals surface area contributed by atoms with Crippen LogP contribution in [0.5, 0.6) is 0 Å². The molecule has 0 radical (unpaired) electrons. The molecule has 0 aliphatic carbocycles. The quantitative estimate of drug-likeness (QED) is 0.852. The van der Waals surface area contributed by atoms with Gasteiger partial charge < -0.3 is 5.32 Å². The highest BCUT2D eigenvalue weighted by Gasteiger charge is 2.40. The van der Waals surface area contributed by atoms with Crippen molar-refractivity contribution in [1.82, 2.24) is 10.2 Å². The van der Waals surface area contributed by atoms with Crippen LogP contribution in [0, 0.1) is 0 Å². The summed E-state index contributed by atoms with van der Waals surface area (Å²) in [5.41, 5.74) is 0.240. The minimum Gasteiger partial charge on any atom is -0.338 e. The number of carbonyl (C=O) groups excluding carboxylic acids is 3. The first kappa shape index (κ1) is 14.6. The van der Waals surface area contributed by atoms with Gasteiger partial charge in [-0.05, 0) is 25.1 Å². The van der Waals surface area contributed by atoms with Crippen molar-refractivity contribution >= 4 is 46.9 Å². The molecule has 0 aromatic heterocycles. The molecular formula is C12H11Cl2N3O3. The van der Waals surface area contributed by atoms with Gasteiger partial charge in [0.15, 0.2) is 0 Å². The Morgan fingerprint density at radius 1 is 1.25 bits per heavy atom. The smallest absolute Gasteiger partial charge is 0.338 e. The molecule has 0 bridgehead atoms. The van der Waals surface area contributed by atoms with Crippen LogP contribution in [0.2, 0.25) is 10.0 Å². The molecule has 1 N–H and O–H groups in total. The Morgan fingerprint density at radius 2 is 1.85 bits per heavy atom. The lowest BCUT2D eigenvalue weighted by atomic mass is 10.3. The van der Waals surface area contributed by atoms with Gasteiger partial charge in [-0.25, -0.2) is 19.4 Å². The van der Waals surface area contributed by atoms with E-state index >= 15 is 0 Å². The zero-order valence-corrected chi connectivity index (χ0v) is 12.0. The molecule has 1 aliphatic rings. The number of carbonyl (C=O) groups is 3. The number of benzene rings is 1. The van der Waals surface area contributed by atoms with E-state index < -0.39 is 18.0 Å². The van der Waals surface area contributed by atoms with E-state index in [-0.39, 0.29) is 12.2 Å². The first-order valence-corrected chi connectivity index (χ1v) is 6.58. The molecular weight excluding hydrogens is 305 g/mol. The molecule has 6 nitrogen and oxygen atoms in total. The Hall–Kier alpha value is -1.79. The minimum absolute atomic E-state index is 0.240. The van der Waals surface area contributed by atoms with Crippen LogP contribution in [0.15, 0.2) is 18.2 Å². The van der Waals surface area contributed by atoms with Gasteiger partial charge in [0.25, 0.3) is 5.91 Å². The van der Waals surface area contributed by atoms with E-state index in [1.165, 1.54) is 18.2 Å². The van der Waals surface area contributed by atoms with Gasteiger partial charge in [0.1, 0.15) is 6.54 Å². The number of hydrogen-bond acceptors (Lipinski definition) is 3. The fourth-order valence-corrected chi connectivity index (χ4v) is 2.34. The second-order valence-corrected chi connectivity index (χ2v) is 4.93. The molecule has 1 aromatic carbocycles. The summed E-state index contributed by atoms with van der Waals surface area (Å²) in [6.07, 6.45) is 0. The molecule has 5 amide bonds. The van der Waals surface area contributed by atoms with Crippen LogP contribution < -0.4 is 10.2 Å². The number of rotatable bonds is 2. The maximum Gasteiger partial charge on any atom is 0.340 e. The van der Waals surface area contributed by atoms with Crippen LogP contribution in [0.4, 0.5) is 15.3 Å². The summed E-state index contributed by atoms with van der Waals surface area (Å²) in [5.74, 6) is -0.514. The molecule has 1 saturated heterocycles. The number of hydrogen-bond donors (Lipinski definition) is 1. The molecule has 20 heavy (non-hydrogen) atoms. The summed E-state index contributed by atoms with van der Waals surface area (Å²) in [6.45, 7) is 1.77. The van der Waals surface area contributed by atoms with E-state index in [4.69, 9.17) is 23.2 Å². The monoisotopic (exact) mass is 315 g/mol. The van der Waals surface area contributed by atoms with Crippen LogP contribution in [-0.4, -0.2) is 36.0 Å². The standard InChI is InChI=1S/C12H11Cl2N3O3/c1-2-15-11(19)16-6-10(18)17(12(16)20)9-4-7(13)3-8(14)5-9/h3-5H,2,6H2,1H3,(H,15,19). The molecule has 1 heterocycles. The molecule has 0 spiro atoms. The van der Waals surface area contributed by atoms with Crippen molar-refractivity contribution < 1.29 is 14.4 Å². The minimum atomic E-state index is -0.723. The number of amides is 5. The van der Waals surface area contributed by atoms with Crippen molar-refractivity contribution in [3.05, 3.63) is 28.2 Å². The molecule has 0 saturated carbocycles. The molecule has 0 atom stereocenters. The third kappa shape index (κ3) is 2.71. The van der Waals surface area contributed by atoms with Crippen LogP contribution >= 0.6 is 23.2 Å². The Labute approximate surface area is 125 Å². The van der Waals surface area contributed by atoms with Crippen molar-refractivity contribution in [3.63, 3.8) is 0 Å². The summed E-state index contributed by atoms with van der Waals surface area (Å²) >= 11 is 11.7. The van der Waals surface area contributed by atoms with E-state index in [1.807, 2.05) is 0 Å². The highest BCUT2D eigenvalue weighted by atomic mass is 35.5. The fourth-order valence-electron chi connectivity index (χ4n) is 1.83. The van der Waals surface area contributed by atoms with Crippen molar-refractivity contribution in [2.24, 2.45) is 0 Å². The van der Waals surface area contributed by atoms with E-state index in [2.05, 4.69) is 5.32 Å². The first-order chi connectivity index (χ1) is 9.43. The van der Waals surface area contributed by atoms with E-state index in [0.29, 0.717) is 16.6 Å². The van der Waals surface area contributed by atoms with Gasteiger partial charge in [-0.15, -0.1) is 0 Å². The highest BCUT2D eigenvalue weighted by molar-refractivity contribution is 6.35. The van der Waals surface area contributed by atoms with Crippen molar-refractivity contribution in [2.75, 3.05) is 18.0 Å². The third-order valence-corrected chi connectivity index (χ3v) is 3.08. The number of urea groups is 2. The Balaban J connectivity index is 2.31. The molecule has 1 aromatic rings. The average Bonchev–Trinajstić information content (AvgIpc) is 2.64. The van der Waals surface area contributed by atoms with Crippen molar-refractivity contribution in [2.45, 2.75) is 6.92 Å². The van der Waals surface area contributed by atoms with Gasteiger partial charge in [0.05, 0.1) is 5.69 Å². The summed E-state index contributed by atoms with van der Waals surface area (Å²) in [4.78, 5) is 37.5. The largest absolute Gasteiger partial charge is 0.340 e. The third-order valence-electron chi connectivity index (χ3n) is 2.64. The van der Waals surface area contributed by atoms with Gasteiger partial charge in [0, 0.05) is 16.6 Å². The number of imide groups is 2. The molecule has 106 valence electrons. The second-order valence-electron chi connectivity index (χ2n) is 4.06.